The molecule has 0 aromatic heterocycles. The predicted octanol–water partition coefficient (Wildman–Crippen LogP) is 3.17. The molecule has 0 heterocycles. The summed E-state index contributed by atoms with van der Waals surface area (Å²) >= 11 is 0. The second kappa shape index (κ2) is 11.5. The monoisotopic (exact) mass is 448 g/mol. The zero-order valence-corrected chi connectivity index (χ0v) is 18.5. The molecule has 1 amide bonds. The minimum atomic E-state index is -3.61. The third-order valence-electron chi connectivity index (χ3n) is 4.77. The van der Waals surface area contributed by atoms with Gasteiger partial charge in [0.1, 0.15) is 12.6 Å². The molecule has 0 aliphatic carbocycles. The molecule has 8 nitrogen and oxygen atoms in total. The second-order valence-electron chi connectivity index (χ2n) is 7.21. The molecular weight excluding hydrogens is 420 g/mol. The fourth-order valence-corrected chi connectivity index (χ4v) is 3.98. The summed E-state index contributed by atoms with van der Waals surface area (Å²) in [6.45, 7) is 2.10. The van der Waals surface area contributed by atoms with Crippen molar-refractivity contribution in [2.75, 3.05) is 13.6 Å². The van der Waals surface area contributed by atoms with E-state index in [2.05, 4.69) is 4.72 Å². The van der Waals surface area contributed by atoms with E-state index in [1.54, 1.807) is 24.3 Å². The lowest BCUT2D eigenvalue weighted by atomic mass is 10.1. The van der Waals surface area contributed by atoms with E-state index in [0.717, 1.165) is 16.0 Å². The summed E-state index contributed by atoms with van der Waals surface area (Å²) in [6.07, 6.45) is 0.306. The van der Waals surface area contributed by atoms with Gasteiger partial charge in [-0.1, -0.05) is 48.0 Å². The van der Waals surface area contributed by atoms with Crippen molar-refractivity contribution < 1.29 is 27.9 Å². The number of aliphatic carboxylic acids is 1. The van der Waals surface area contributed by atoms with E-state index in [1.807, 2.05) is 25.1 Å². The van der Waals surface area contributed by atoms with Gasteiger partial charge in [0.05, 0.1) is 4.90 Å². The van der Waals surface area contributed by atoms with Crippen LogP contribution in [0.5, 0.6) is 0 Å². The fraction of sp³-hybridized carbons (Fsp3) is 0.364. The van der Waals surface area contributed by atoms with Crippen molar-refractivity contribution in [3.8, 4) is 0 Å². The highest BCUT2D eigenvalue weighted by atomic mass is 32.2. The largest absolute Gasteiger partial charge is 0.480 e. The third-order valence-corrected chi connectivity index (χ3v) is 6.25. The van der Waals surface area contributed by atoms with Gasteiger partial charge >= 0.3 is 12.1 Å². The highest BCUT2D eigenvalue weighted by molar-refractivity contribution is 7.89. The number of hydrogen-bond donors (Lipinski definition) is 2. The van der Waals surface area contributed by atoms with Gasteiger partial charge in [0.2, 0.25) is 10.0 Å². The Morgan fingerprint density at radius 2 is 1.71 bits per heavy atom. The number of amides is 1. The van der Waals surface area contributed by atoms with Gasteiger partial charge in [-0.2, -0.15) is 0 Å². The van der Waals surface area contributed by atoms with Crippen LogP contribution in [0.1, 0.15) is 30.4 Å². The molecule has 0 saturated carbocycles. The Hall–Kier alpha value is -2.91. The van der Waals surface area contributed by atoms with E-state index in [0.29, 0.717) is 12.8 Å². The topological polar surface area (TPSA) is 113 Å². The zero-order valence-electron chi connectivity index (χ0n) is 17.7. The standard InChI is InChI=1S/C22H28N2O6S/c1-17-11-13-19(14-12-17)31(28,29)23-15-7-6-10-20(21(25)26)24(2)22(27)30-16-18-8-4-3-5-9-18/h3-5,8-9,11-14,20,23H,6-7,10,15-16H2,1-2H3,(H,25,26). The van der Waals surface area contributed by atoms with E-state index >= 15 is 0 Å². The molecule has 0 bridgehead atoms. The lowest BCUT2D eigenvalue weighted by Crippen LogP contribution is -2.42. The van der Waals surface area contributed by atoms with Crippen molar-refractivity contribution in [2.45, 2.75) is 43.7 Å². The number of rotatable bonds is 11. The normalized spacial score (nSPS) is 12.2. The first-order valence-corrected chi connectivity index (χ1v) is 11.4. The number of carbonyl (C=O) groups excluding carboxylic acids is 1. The van der Waals surface area contributed by atoms with E-state index in [-0.39, 0.29) is 24.5 Å². The summed E-state index contributed by atoms with van der Waals surface area (Å²) in [7, 11) is -2.23. The van der Waals surface area contributed by atoms with Gasteiger partial charge in [-0.05, 0) is 43.9 Å². The maximum Gasteiger partial charge on any atom is 0.410 e. The molecule has 2 aromatic carbocycles. The number of nitrogens with zero attached hydrogens (tertiary/aromatic N) is 1. The predicted molar refractivity (Wildman–Crippen MR) is 116 cm³/mol. The molecular formula is C22H28N2O6S. The first-order chi connectivity index (χ1) is 14.7. The molecule has 2 aromatic rings. The zero-order chi connectivity index (χ0) is 22.9. The highest BCUT2D eigenvalue weighted by Gasteiger charge is 2.27. The number of aryl methyl sites for hydroxylation is 1. The quantitative estimate of drug-likeness (QED) is 0.511. The summed E-state index contributed by atoms with van der Waals surface area (Å²) in [4.78, 5) is 25.0. The van der Waals surface area contributed by atoms with Crippen LogP contribution < -0.4 is 4.72 Å². The van der Waals surface area contributed by atoms with Gasteiger partial charge in [0.15, 0.2) is 0 Å². The van der Waals surface area contributed by atoms with Gasteiger partial charge in [0, 0.05) is 13.6 Å². The maximum absolute atomic E-state index is 12.3. The summed E-state index contributed by atoms with van der Waals surface area (Å²) in [6, 6.07) is 14.6. The molecule has 9 heteroatoms. The van der Waals surface area contributed by atoms with E-state index < -0.39 is 28.1 Å². The summed E-state index contributed by atoms with van der Waals surface area (Å²) in [5.74, 6) is -1.14. The van der Waals surface area contributed by atoms with Crippen LogP contribution in [-0.4, -0.2) is 50.1 Å². The molecule has 1 atom stereocenters. The van der Waals surface area contributed by atoms with E-state index in [1.165, 1.54) is 19.2 Å². The first kappa shape index (κ1) is 24.4. The van der Waals surface area contributed by atoms with Gasteiger partial charge in [-0.25, -0.2) is 22.7 Å². The smallest absolute Gasteiger partial charge is 0.410 e. The molecule has 0 fully saturated rings. The molecule has 168 valence electrons. The van der Waals surface area contributed by atoms with Crippen molar-refractivity contribution in [2.24, 2.45) is 0 Å². The average Bonchev–Trinajstić information content (AvgIpc) is 2.74. The number of sulfonamides is 1. The van der Waals surface area contributed by atoms with Crippen LogP contribution in [0.4, 0.5) is 4.79 Å². The maximum atomic E-state index is 12.3. The molecule has 0 aliphatic heterocycles. The Bertz CT molecular complexity index is 961. The number of benzene rings is 2. The summed E-state index contributed by atoms with van der Waals surface area (Å²) in [5, 5.41) is 9.47. The van der Waals surface area contributed by atoms with Crippen LogP contribution >= 0.6 is 0 Å². The van der Waals surface area contributed by atoms with Gasteiger partial charge in [-0.3, -0.25) is 4.90 Å². The number of carbonyl (C=O) groups is 2. The average molecular weight is 449 g/mol. The number of ether oxygens (including phenoxy) is 1. The number of unbranched alkanes of at least 4 members (excludes halogenated alkanes) is 1. The van der Waals surface area contributed by atoms with Crippen molar-refractivity contribution in [3.05, 3.63) is 65.7 Å². The first-order valence-electron chi connectivity index (χ1n) is 9.93. The Morgan fingerprint density at radius 1 is 1.06 bits per heavy atom. The molecule has 0 saturated heterocycles. The van der Waals surface area contributed by atoms with Crippen molar-refractivity contribution in [1.82, 2.24) is 9.62 Å². The molecule has 2 N–H and O–H groups in total. The molecule has 1 unspecified atom stereocenters. The van der Waals surface area contributed by atoms with Crippen LogP contribution in [0.3, 0.4) is 0 Å². The number of likely N-dealkylation sites (N-methyl/N-ethyl adjacent to an activating group) is 1. The Morgan fingerprint density at radius 3 is 2.32 bits per heavy atom. The molecule has 0 aliphatic rings. The number of carboxylic acid groups (broad SMARTS) is 1. The van der Waals surface area contributed by atoms with Crippen molar-refractivity contribution >= 4 is 22.1 Å². The second-order valence-corrected chi connectivity index (χ2v) is 8.98. The van der Waals surface area contributed by atoms with Crippen LogP contribution in [0, 0.1) is 6.92 Å². The molecule has 31 heavy (non-hydrogen) atoms. The van der Waals surface area contributed by atoms with Crippen LogP contribution in [-0.2, 0) is 26.2 Å². The number of nitrogens with one attached hydrogen (secondary N) is 1. The Kier molecular flexibility index (Phi) is 9.02. The third kappa shape index (κ3) is 7.69. The van der Waals surface area contributed by atoms with Crippen LogP contribution in [0.2, 0.25) is 0 Å². The lowest BCUT2D eigenvalue weighted by molar-refractivity contribution is -0.142. The molecule has 0 spiro atoms. The van der Waals surface area contributed by atoms with Gasteiger partial charge in [0.25, 0.3) is 0 Å². The fourth-order valence-electron chi connectivity index (χ4n) is 2.90. The van der Waals surface area contributed by atoms with Crippen molar-refractivity contribution in [3.63, 3.8) is 0 Å². The van der Waals surface area contributed by atoms with Crippen LogP contribution in [0.25, 0.3) is 0 Å². The van der Waals surface area contributed by atoms with Gasteiger partial charge < -0.3 is 9.84 Å². The Balaban J connectivity index is 1.79. The molecule has 2 rings (SSSR count). The summed E-state index contributed by atoms with van der Waals surface area (Å²) < 4.78 is 32.2. The highest BCUT2D eigenvalue weighted by Crippen LogP contribution is 2.12. The van der Waals surface area contributed by atoms with E-state index in [9.17, 15) is 23.1 Å². The van der Waals surface area contributed by atoms with Crippen molar-refractivity contribution in [1.29, 1.82) is 0 Å². The van der Waals surface area contributed by atoms with Gasteiger partial charge in [-0.15, -0.1) is 0 Å². The number of carboxylic acids is 1. The SMILES string of the molecule is Cc1ccc(S(=O)(=O)NCCCCC(C(=O)O)N(C)C(=O)OCc2ccccc2)cc1. The Labute approximate surface area is 182 Å². The number of hydrogen-bond acceptors (Lipinski definition) is 5. The summed E-state index contributed by atoms with van der Waals surface area (Å²) in [5.41, 5.74) is 1.77. The minimum absolute atomic E-state index is 0.0527. The van der Waals surface area contributed by atoms with E-state index in [4.69, 9.17) is 4.74 Å². The van der Waals surface area contributed by atoms with Crippen LogP contribution in [0.15, 0.2) is 59.5 Å². The lowest BCUT2D eigenvalue weighted by Gasteiger charge is -2.24. The minimum Gasteiger partial charge on any atom is -0.480 e. The molecule has 0 radical (unpaired) electrons.